The highest BCUT2D eigenvalue weighted by molar-refractivity contribution is 5.99. The van der Waals surface area contributed by atoms with E-state index in [1.165, 1.54) is 7.11 Å². The van der Waals surface area contributed by atoms with Crippen molar-refractivity contribution < 1.29 is 24.2 Å². The molecule has 1 aromatic carbocycles. The Morgan fingerprint density at radius 3 is 2.60 bits per heavy atom. The van der Waals surface area contributed by atoms with Crippen molar-refractivity contribution in [3.05, 3.63) is 35.0 Å². The lowest BCUT2D eigenvalue weighted by molar-refractivity contribution is -0.148. The number of nitrogens with zero attached hydrogens (tertiary/aromatic N) is 1. The van der Waals surface area contributed by atoms with Gasteiger partial charge in [-0.25, -0.2) is 4.79 Å². The molecule has 7 nitrogen and oxygen atoms in total. The number of benzene rings is 1. The number of carbonyl (C=O) groups excluding carboxylic acids is 1. The minimum absolute atomic E-state index is 0.0877. The van der Waals surface area contributed by atoms with E-state index < -0.39 is 12.1 Å². The Morgan fingerprint density at radius 1 is 1.28 bits per heavy atom. The number of aliphatic carboxylic acids is 1. The van der Waals surface area contributed by atoms with Crippen LogP contribution in [0.5, 0.6) is 0 Å². The number of methoxy groups -OCH3 is 2. The van der Waals surface area contributed by atoms with Gasteiger partial charge in [-0.15, -0.1) is 0 Å². The lowest BCUT2D eigenvalue weighted by atomic mass is 10.1. The molecule has 0 fully saturated rings. The summed E-state index contributed by atoms with van der Waals surface area (Å²) in [5.41, 5.74) is 3.78. The second-order valence-corrected chi connectivity index (χ2v) is 5.86. The van der Waals surface area contributed by atoms with E-state index in [2.05, 4.69) is 9.88 Å². The first kappa shape index (κ1) is 19.0. The monoisotopic (exact) mass is 348 g/mol. The summed E-state index contributed by atoms with van der Waals surface area (Å²) >= 11 is 0. The molecular formula is C18H24N2O5. The zero-order valence-electron chi connectivity index (χ0n) is 15.0. The third kappa shape index (κ3) is 4.00. The van der Waals surface area contributed by atoms with E-state index >= 15 is 0 Å². The SMILES string of the molecule is COCCn1c(C)c(C)c2cc(C(=O)NCC(OC)C(=O)O)ccc21. The summed E-state index contributed by atoms with van der Waals surface area (Å²) in [6.45, 7) is 5.33. The molecule has 7 heteroatoms. The number of hydrogen-bond donors (Lipinski definition) is 2. The zero-order chi connectivity index (χ0) is 18.6. The van der Waals surface area contributed by atoms with Crippen molar-refractivity contribution in [2.24, 2.45) is 0 Å². The number of rotatable bonds is 8. The Hall–Kier alpha value is -2.38. The number of carbonyl (C=O) groups is 2. The lowest BCUT2D eigenvalue weighted by Crippen LogP contribution is -2.37. The van der Waals surface area contributed by atoms with Crippen LogP contribution in [-0.2, 0) is 20.8 Å². The van der Waals surface area contributed by atoms with Crippen molar-refractivity contribution in [2.45, 2.75) is 26.5 Å². The molecule has 2 aromatic rings. The van der Waals surface area contributed by atoms with Crippen molar-refractivity contribution in [1.29, 1.82) is 0 Å². The van der Waals surface area contributed by atoms with E-state index in [0.717, 1.165) is 28.7 Å². The van der Waals surface area contributed by atoms with Gasteiger partial charge in [-0.2, -0.15) is 0 Å². The number of fused-ring (bicyclic) bond motifs is 1. The van der Waals surface area contributed by atoms with Crippen LogP contribution in [0.3, 0.4) is 0 Å². The van der Waals surface area contributed by atoms with Crippen LogP contribution in [0, 0.1) is 13.8 Å². The standard InChI is InChI=1S/C18H24N2O5/c1-11-12(2)20(7-8-24-3)15-6-5-13(9-14(11)15)17(21)19-10-16(25-4)18(22)23/h5-6,9,16H,7-8,10H2,1-4H3,(H,19,21)(H,22,23). The third-order valence-corrected chi connectivity index (χ3v) is 4.43. The number of ether oxygens (including phenoxy) is 2. The quantitative estimate of drug-likeness (QED) is 0.758. The molecule has 0 radical (unpaired) electrons. The van der Waals surface area contributed by atoms with Gasteiger partial charge in [0.2, 0.25) is 0 Å². The molecule has 0 bridgehead atoms. The summed E-state index contributed by atoms with van der Waals surface area (Å²) < 4.78 is 12.1. The molecule has 1 amide bonds. The fraction of sp³-hybridized carbons (Fsp3) is 0.444. The maximum Gasteiger partial charge on any atom is 0.334 e. The average Bonchev–Trinajstić information content (AvgIpc) is 2.83. The average molecular weight is 348 g/mol. The number of aromatic nitrogens is 1. The summed E-state index contributed by atoms with van der Waals surface area (Å²) in [5, 5.41) is 12.6. The predicted octanol–water partition coefficient (Wildman–Crippen LogP) is 1.73. The van der Waals surface area contributed by atoms with Crippen molar-refractivity contribution >= 4 is 22.8 Å². The van der Waals surface area contributed by atoms with Crippen LogP contribution in [0.1, 0.15) is 21.6 Å². The minimum Gasteiger partial charge on any atom is -0.479 e. The number of aryl methyl sites for hydroxylation is 1. The number of carboxylic acids is 1. The lowest BCUT2D eigenvalue weighted by Gasteiger charge is -2.12. The van der Waals surface area contributed by atoms with Crippen LogP contribution >= 0.6 is 0 Å². The Bertz CT molecular complexity index is 781. The van der Waals surface area contributed by atoms with E-state index in [4.69, 9.17) is 14.6 Å². The Morgan fingerprint density at radius 2 is 2.00 bits per heavy atom. The van der Waals surface area contributed by atoms with Gasteiger partial charge in [-0.05, 0) is 37.6 Å². The van der Waals surface area contributed by atoms with E-state index in [1.807, 2.05) is 26.0 Å². The second-order valence-electron chi connectivity index (χ2n) is 5.86. The van der Waals surface area contributed by atoms with Gasteiger partial charge in [-0.1, -0.05) is 0 Å². The Balaban J connectivity index is 2.24. The van der Waals surface area contributed by atoms with E-state index in [-0.39, 0.29) is 12.5 Å². The van der Waals surface area contributed by atoms with Gasteiger partial charge in [0.1, 0.15) is 0 Å². The maximum atomic E-state index is 12.3. The van der Waals surface area contributed by atoms with Crippen LogP contribution in [0.15, 0.2) is 18.2 Å². The maximum absolute atomic E-state index is 12.3. The molecule has 2 N–H and O–H groups in total. The van der Waals surface area contributed by atoms with Gasteiger partial charge >= 0.3 is 5.97 Å². The van der Waals surface area contributed by atoms with Crippen molar-refractivity contribution in [3.8, 4) is 0 Å². The molecule has 0 aliphatic heterocycles. The molecule has 0 spiro atoms. The fourth-order valence-electron chi connectivity index (χ4n) is 2.82. The highest BCUT2D eigenvalue weighted by Gasteiger charge is 2.18. The van der Waals surface area contributed by atoms with Gasteiger partial charge in [-0.3, -0.25) is 4.79 Å². The number of carboxylic acid groups (broad SMARTS) is 1. The Kier molecular flexibility index (Phi) is 6.17. The highest BCUT2D eigenvalue weighted by Crippen LogP contribution is 2.26. The van der Waals surface area contributed by atoms with Crippen molar-refractivity contribution in [2.75, 3.05) is 27.4 Å². The van der Waals surface area contributed by atoms with Crippen LogP contribution in [0.2, 0.25) is 0 Å². The van der Waals surface area contributed by atoms with Crippen molar-refractivity contribution in [3.63, 3.8) is 0 Å². The summed E-state index contributed by atoms with van der Waals surface area (Å²) in [7, 11) is 2.96. The van der Waals surface area contributed by atoms with Gasteiger partial charge in [0.25, 0.3) is 5.91 Å². The largest absolute Gasteiger partial charge is 0.479 e. The van der Waals surface area contributed by atoms with E-state index in [9.17, 15) is 9.59 Å². The molecule has 1 atom stereocenters. The number of nitrogens with one attached hydrogen (secondary N) is 1. The molecule has 0 saturated carbocycles. The number of amides is 1. The summed E-state index contributed by atoms with van der Waals surface area (Å²) in [4.78, 5) is 23.3. The van der Waals surface area contributed by atoms with Crippen LogP contribution < -0.4 is 5.32 Å². The van der Waals surface area contributed by atoms with Gasteiger partial charge in [0.05, 0.1) is 13.2 Å². The van der Waals surface area contributed by atoms with Crippen LogP contribution in [0.25, 0.3) is 10.9 Å². The minimum atomic E-state index is -1.11. The normalized spacial score (nSPS) is 12.3. The number of hydrogen-bond acceptors (Lipinski definition) is 4. The Labute approximate surface area is 146 Å². The van der Waals surface area contributed by atoms with Crippen LogP contribution in [0.4, 0.5) is 0 Å². The summed E-state index contributed by atoms with van der Waals surface area (Å²) in [6.07, 6.45) is -1.06. The molecule has 1 unspecified atom stereocenters. The summed E-state index contributed by atoms with van der Waals surface area (Å²) in [6, 6.07) is 5.48. The molecule has 136 valence electrons. The fourth-order valence-corrected chi connectivity index (χ4v) is 2.82. The molecule has 2 rings (SSSR count). The van der Waals surface area contributed by atoms with Gasteiger partial charge in [0.15, 0.2) is 6.10 Å². The predicted molar refractivity (Wildman–Crippen MR) is 94.1 cm³/mol. The smallest absolute Gasteiger partial charge is 0.334 e. The first-order valence-electron chi connectivity index (χ1n) is 8.02. The highest BCUT2D eigenvalue weighted by atomic mass is 16.5. The molecule has 0 aliphatic carbocycles. The van der Waals surface area contributed by atoms with Gasteiger partial charge in [0, 0.05) is 42.9 Å². The molecule has 25 heavy (non-hydrogen) atoms. The first-order chi connectivity index (χ1) is 11.9. The van der Waals surface area contributed by atoms with E-state index in [0.29, 0.717) is 12.2 Å². The first-order valence-corrected chi connectivity index (χ1v) is 8.02. The molecule has 1 heterocycles. The molecule has 0 saturated heterocycles. The third-order valence-electron chi connectivity index (χ3n) is 4.43. The molecule has 1 aromatic heterocycles. The van der Waals surface area contributed by atoms with Crippen LogP contribution in [-0.4, -0.2) is 55.0 Å². The van der Waals surface area contributed by atoms with E-state index in [1.54, 1.807) is 13.2 Å². The van der Waals surface area contributed by atoms with Crippen molar-refractivity contribution in [1.82, 2.24) is 9.88 Å². The molecular weight excluding hydrogens is 324 g/mol. The zero-order valence-corrected chi connectivity index (χ0v) is 15.0. The summed E-state index contributed by atoms with van der Waals surface area (Å²) in [5.74, 6) is -1.44. The topological polar surface area (TPSA) is 89.8 Å². The van der Waals surface area contributed by atoms with Gasteiger partial charge < -0.3 is 24.5 Å². The second kappa shape index (κ2) is 8.13. The molecule has 0 aliphatic rings.